The first-order chi connectivity index (χ1) is 15.0. The van der Waals surface area contributed by atoms with Crippen LogP contribution in [-0.2, 0) is 0 Å². The number of nitrogens with one attached hydrogen (secondary N) is 2. The SMILES string of the molecule is COc1ccc(C(=O)Nc2cc(NC(=O)c3ccc4c(c3)OCCO4)ccc2C)cc1. The zero-order chi connectivity index (χ0) is 21.8. The molecule has 3 aromatic carbocycles. The van der Waals surface area contributed by atoms with E-state index in [9.17, 15) is 9.59 Å². The van der Waals surface area contributed by atoms with Crippen molar-refractivity contribution in [3.8, 4) is 17.2 Å². The smallest absolute Gasteiger partial charge is 0.255 e. The Bertz CT molecular complexity index is 1130. The van der Waals surface area contributed by atoms with Crippen molar-refractivity contribution in [2.24, 2.45) is 0 Å². The summed E-state index contributed by atoms with van der Waals surface area (Å²) in [7, 11) is 1.57. The first-order valence-corrected chi connectivity index (χ1v) is 9.80. The van der Waals surface area contributed by atoms with Crippen molar-refractivity contribution in [3.63, 3.8) is 0 Å². The Labute approximate surface area is 179 Å². The summed E-state index contributed by atoms with van der Waals surface area (Å²) < 4.78 is 16.1. The van der Waals surface area contributed by atoms with Crippen LogP contribution in [0.2, 0.25) is 0 Å². The highest BCUT2D eigenvalue weighted by Crippen LogP contribution is 2.31. The number of methoxy groups -OCH3 is 1. The number of fused-ring (bicyclic) bond motifs is 1. The number of hydrogen-bond acceptors (Lipinski definition) is 5. The third-order valence-electron chi connectivity index (χ3n) is 4.90. The molecule has 0 aliphatic carbocycles. The number of benzene rings is 3. The van der Waals surface area contributed by atoms with Crippen LogP contribution < -0.4 is 24.8 Å². The summed E-state index contributed by atoms with van der Waals surface area (Å²) in [6.45, 7) is 2.83. The topological polar surface area (TPSA) is 85.9 Å². The molecule has 2 amide bonds. The Balaban J connectivity index is 1.48. The summed E-state index contributed by atoms with van der Waals surface area (Å²) in [5.74, 6) is 1.32. The van der Waals surface area contributed by atoms with Gasteiger partial charge in [-0.2, -0.15) is 0 Å². The van der Waals surface area contributed by atoms with E-state index in [1.165, 1.54) is 0 Å². The van der Waals surface area contributed by atoms with Crippen molar-refractivity contribution in [1.82, 2.24) is 0 Å². The maximum atomic E-state index is 12.7. The van der Waals surface area contributed by atoms with Crippen molar-refractivity contribution in [2.45, 2.75) is 6.92 Å². The van der Waals surface area contributed by atoms with Gasteiger partial charge in [-0.3, -0.25) is 9.59 Å². The lowest BCUT2D eigenvalue weighted by atomic mass is 10.1. The summed E-state index contributed by atoms with van der Waals surface area (Å²) in [5.41, 5.74) is 3.01. The number of amides is 2. The normalized spacial score (nSPS) is 12.1. The second-order valence-electron chi connectivity index (χ2n) is 7.02. The number of carbonyl (C=O) groups excluding carboxylic acids is 2. The van der Waals surface area contributed by atoms with Crippen LogP contribution in [0.1, 0.15) is 26.3 Å². The van der Waals surface area contributed by atoms with Gasteiger partial charge in [0.05, 0.1) is 7.11 Å². The van der Waals surface area contributed by atoms with Gasteiger partial charge in [0, 0.05) is 22.5 Å². The fraction of sp³-hybridized carbons (Fsp3) is 0.167. The van der Waals surface area contributed by atoms with Crippen molar-refractivity contribution in [1.29, 1.82) is 0 Å². The Hall–Kier alpha value is -4.00. The molecule has 31 heavy (non-hydrogen) atoms. The van der Waals surface area contributed by atoms with Gasteiger partial charge in [-0.15, -0.1) is 0 Å². The minimum absolute atomic E-state index is 0.249. The summed E-state index contributed by atoms with van der Waals surface area (Å²) >= 11 is 0. The van der Waals surface area contributed by atoms with Crippen molar-refractivity contribution in [2.75, 3.05) is 31.0 Å². The molecule has 1 heterocycles. The summed E-state index contributed by atoms with van der Waals surface area (Å²) in [6, 6.07) is 17.3. The summed E-state index contributed by atoms with van der Waals surface area (Å²) in [6.07, 6.45) is 0. The lowest BCUT2D eigenvalue weighted by Crippen LogP contribution is -2.17. The minimum Gasteiger partial charge on any atom is -0.497 e. The molecular formula is C24H22N2O5. The Morgan fingerprint density at radius 3 is 2.23 bits per heavy atom. The predicted molar refractivity (Wildman–Crippen MR) is 118 cm³/mol. The molecule has 0 fully saturated rings. The minimum atomic E-state index is -0.284. The highest BCUT2D eigenvalue weighted by molar-refractivity contribution is 6.07. The monoisotopic (exact) mass is 418 g/mol. The molecular weight excluding hydrogens is 396 g/mol. The average molecular weight is 418 g/mol. The first kappa shape index (κ1) is 20.3. The third kappa shape index (κ3) is 4.61. The first-order valence-electron chi connectivity index (χ1n) is 9.80. The molecule has 3 aromatic rings. The van der Waals surface area contributed by atoms with E-state index in [4.69, 9.17) is 14.2 Å². The van der Waals surface area contributed by atoms with Gasteiger partial charge in [-0.25, -0.2) is 0 Å². The standard InChI is InChI=1S/C24H22N2O5/c1-15-3-7-18(14-20(15)26-23(27)16-4-8-19(29-2)9-5-16)25-24(28)17-6-10-21-22(13-17)31-12-11-30-21/h3-10,13-14H,11-12H2,1-2H3,(H,25,28)(H,26,27). The van der Waals surface area contributed by atoms with Gasteiger partial charge in [-0.1, -0.05) is 6.07 Å². The molecule has 1 aliphatic heterocycles. The van der Waals surface area contributed by atoms with Crippen LogP contribution in [-0.4, -0.2) is 32.1 Å². The van der Waals surface area contributed by atoms with Gasteiger partial charge in [0.1, 0.15) is 19.0 Å². The lowest BCUT2D eigenvalue weighted by molar-refractivity contribution is 0.101. The van der Waals surface area contributed by atoms with Crippen LogP contribution in [0, 0.1) is 6.92 Å². The van der Waals surface area contributed by atoms with Crippen LogP contribution in [0.15, 0.2) is 60.7 Å². The highest BCUT2D eigenvalue weighted by atomic mass is 16.6. The largest absolute Gasteiger partial charge is 0.497 e. The number of hydrogen-bond donors (Lipinski definition) is 2. The fourth-order valence-corrected chi connectivity index (χ4v) is 3.16. The van der Waals surface area contributed by atoms with Gasteiger partial charge < -0.3 is 24.8 Å². The van der Waals surface area contributed by atoms with Crippen molar-refractivity contribution < 1.29 is 23.8 Å². The zero-order valence-corrected chi connectivity index (χ0v) is 17.2. The number of anilines is 2. The number of carbonyl (C=O) groups is 2. The Kier molecular flexibility index (Phi) is 5.75. The third-order valence-corrected chi connectivity index (χ3v) is 4.90. The zero-order valence-electron chi connectivity index (χ0n) is 17.2. The second-order valence-corrected chi connectivity index (χ2v) is 7.02. The number of ether oxygens (including phenoxy) is 3. The number of rotatable bonds is 5. The van der Waals surface area contributed by atoms with Gasteiger partial charge in [0.25, 0.3) is 11.8 Å². The van der Waals surface area contributed by atoms with Crippen LogP contribution in [0.4, 0.5) is 11.4 Å². The van der Waals surface area contributed by atoms with Crippen LogP contribution >= 0.6 is 0 Å². The van der Waals surface area contributed by atoms with Crippen LogP contribution in [0.5, 0.6) is 17.2 Å². The van der Waals surface area contributed by atoms with Gasteiger partial charge in [0.2, 0.25) is 0 Å². The van der Waals surface area contributed by atoms with E-state index < -0.39 is 0 Å². The fourth-order valence-electron chi connectivity index (χ4n) is 3.16. The molecule has 4 rings (SSSR count). The maximum absolute atomic E-state index is 12.7. The quantitative estimate of drug-likeness (QED) is 0.646. The Morgan fingerprint density at radius 1 is 0.806 bits per heavy atom. The molecule has 0 saturated heterocycles. The average Bonchev–Trinajstić information content (AvgIpc) is 2.81. The van der Waals surface area contributed by atoms with E-state index in [0.29, 0.717) is 53.0 Å². The molecule has 7 nitrogen and oxygen atoms in total. The van der Waals surface area contributed by atoms with Gasteiger partial charge in [-0.05, 0) is 67.1 Å². The van der Waals surface area contributed by atoms with E-state index in [1.54, 1.807) is 61.7 Å². The molecule has 0 spiro atoms. The molecule has 0 aromatic heterocycles. The molecule has 0 atom stereocenters. The van der Waals surface area contributed by atoms with Crippen molar-refractivity contribution in [3.05, 3.63) is 77.4 Å². The van der Waals surface area contributed by atoms with Crippen LogP contribution in [0.3, 0.4) is 0 Å². The molecule has 0 bridgehead atoms. The molecule has 2 N–H and O–H groups in total. The second kappa shape index (κ2) is 8.79. The van der Waals surface area contributed by atoms with E-state index in [-0.39, 0.29) is 11.8 Å². The maximum Gasteiger partial charge on any atom is 0.255 e. The summed E-state index contributed by atoms with van der Waals surface area (Å²) in [4.78, 5) is 25.3. The molecule has 0 saturated carbocycles. The van der Waals surface area contributed by atoms with Gasteiger partial charge in [0.15, 0.2) is 11.5 Å². The summed E-state index contributed by atoms with van der Waals surface area (Å²) in [5, 5.41) is 5.75. The number of aryl methyl sites for hydroxylation is 1. The van der Waals surface area contributed by atoms with Crippen molar-refractivity contribution >= 4 is 23.2 Å². The highest BCUT2D eigenvalue weighted by Gasteiger charge is 2.16. The van der Waals surface area contributed by atoms with E-state index >= 15 is 0 Å². The Morgan fingerprint density at radius 2 is 1.48 bits per heavy atom. The molecule has 0 unspecified atom stereocenters. The lowest BCUT2D eigenvalue weighted by Gasteiger charge is -2.18. The van der Waals surface area contributed by atoms with E-state index in [2.05, 4.69) is 10.6 Å². The van der Waals surface area contributed by atoms with Crippen LogP contribution in [0.25, 0.3) is 0 Å². The molecule has 158 valence electrons. The predicted octanol–water partition coefficient (Wildman–Crippen LogP) is 4.28. The molecule has 0 radical (unpaired) electrons. The van der Waals surface area contributed by atoms with E-state index in [0.717, 1.165) is 5.56 Å². The molecule has 1 aliphatic rings. The van der Waals surface area contributed by atoms with Gasteiger partial charge >= 0.3 is 0 Å². The van der Waals surface area contributed by atoms with E-state index in [1.807, 2.05) is 13.0 Å². The molecule has 7 heteroatoms.